The van der Waals surface area contributed by atoms with Crippen LogP contribution in [0, 0.1) is 0 Å². The van der Waals surface area contributed by atoms with Crippen molar-refractivity contribution in [1.82, 2.24) is 0 Å². The van der Waals surface area contributed by atoms with Gasteiger partial charge in [-0.3, -0.25) is 0 Å². The Labute approximate surface area is 250 Å². The van der Waals surface area contributed by atoms with Crippen LogP contribution in [-0.4, -0.2) is 48.4 Å². The van der Waals surface area contributed by atoms with Crippen molar-refractivity contribution in [2.24, 2.45) is 0 Å². The molecule has 1 N–H and O–H groups in total. The second-order valence-corrected chi connectivity index (χ2v) is 10.5. The summed E-state index contributed by atoms with van der Waals surface area (Å²) in [7, 11) is 0. The summed E-state index contributed by atoms with van der Waals surface area (Å²) in [6.45, 7) is 0.887. The first-order valence-electron chi connectivity index (χ1n) is 14.4. The third kappa shape index (κ3) is 7.19. The van der Waals surface area contributed by atoms with Gasteiger partial charge in [0, 0.05) is 5.56 Å². The molecule has 0 radical (unpaired) electrons. The number of aromatic carboxylic acids is 1. The summed E-state index contributed by atoms with van der Waals surface area (Å²) >= 11 is 0. The molecule has 43 heavy (non-hydrogen) atoms. The van der Waals surface area contributed by atoms with E-state index in [0.717, 1.165) is 16.7 Å². The third-order valence-electron chi connectivity index (χ3n) is 7.58. The number of carbonyl (C=O) groups is 1. The van der Waals surface area contributed by atoms with E-state index in [-0.39, 0.29) is 18.8 Å². The summed E-state index contributed by atoms with van der Waals surface area (Å²) < 4.78 is 38.5. The van der Waals surface area contributed by atoms with Gasteiger partial charge >= 0.3 is 5.97 Å². The zero-order valence-electron chi connectivity index (χ0n) is 23.6. The maximum absolute atomic E-state index is 11.8. The Hall–Kier alpha value is -3.89. The predicted octanol–water partition coefficient (Wildman–Crippen LogP) is 5.91. The van der Waals surface area contributed by atoms with Crippen molar-refractivity contribution in [2.75, 3.05) is 6.61 Å². The Morgan fingerprint density at radius 1 is 0.674 bits per heavy atom. The molecule has 8 nitrogen and oxygen atoms in total. The molecule has 4 aromatic rings. The average molecular weight is 583 g/mol. The minimum Gasteiger partial charge on any atom is -0.478 e. The van der Waals surface area contributed by atoms with Crippen LogP contribution in [0.15, 0.2) is 115 Å². The number of hydrogen-bond acceptors (Lipinski definition) is 7. The summed E-state index contributed by atoms with van der Waals surface area (Å²) in [5.41, 5.74) is 3.59. The molecule has 2 saturated heterocycles. The molecule has 2 aliphatic heterocycles. The van der Waals surface area contributed by atoms with Crippen LogP contribution in [0.2, 0.25) is 0 Å². The number of carboxylic acid groups (broad SMARTS) is 1. The van der Waals surface area contributed by atoms with Gasteiger partial charge in [0.2, 0.25) is 0 Å². The summed E-state index contributed by atoms with van der Waals surface area (Å²) in [6.07, 6.45) is -3.78. The van der Waals surface area contributed by atoms with E-state index in [9.17, 15) is 9.90 Å². The lowest BCUT2D eigenvalue weighted by Gasteiger charge is -2.49. The van der Waals surface area contributed by atoms with Gasteiger partial charge < -0.3 is 33.5 Å². The highest BCUT2D eigenvalue weighted by Crippen LogP contribution is 2.37. The van der Waals surface area contributed by atoms with Crippen LogP contribution in [0.4, 0.5) is 0 Å². The molecular formula is C35H34O8. The number of fused-ring (bicyclic) bond motifs is 1. The van der Waals surface area contributed by atoms with Crippen LogP contribution in [-0.2, 0) is 48.2 Å². The van der Waals surface area contributed by atoms with E-state index in [2.05, 4.69) is 0 Å². The van der Waals surface area contributed by atoms with E-state index >= 15 is 0 Å². The van der Waals surface area contributed by atoms with Crippen LogP contribution in [0.25, 0.3) is 0 Å². The number of carboxylic acids is 1. The molecule has 6 atom stereocenters. The molecule has 2 heterocycles. The molecule has 0 saturated carbocycles. The first-order chi connectivity index (χ1) is 21.2. The highest BCUT2D eigenvalue weighted by atomic mass is 16.8. The zero-order valence-corrected chi connectivity index (χ0v) is 23.6. The summed E-state index contributed by atoms with van der Waals surface area (Å²) in [4.78, 5) is 11.8. The number of rotatable bonds is 11. The van der Waals surface area contributed by atoms with Crippen molar-refractivity contribution < 1.29 is 38.3 Å². The molecule has 6 rings (SSSR count). The molecule has 0 amide bonds. The monoisotopic (exact) mass is 582 g/mol. The van der Waals surface area contributed by atoms with E-state index < -0.39 is 43.0 Å². The van der Waals surface area contributed by atoms with E-state index in [1.807, 2.05) is 91.0 Å². The number of benzene rings is 4. The van der Waals surface area contributed by atoms with Gasteiger partial charge in [-0.25, -0.2) is 4.79 Å². The zero-order chi connectivity index (χ0) is 29.4. The maximum Gasteiger partial charge on any atom is 0.336 e. The average Bonchev–Trinajstić information content (AvgIpc) is 3.06. The molecule has 0 spiro atoms. The Kier molecular flexibility index (Phi) is 9.54. The molecule has 1 unspecified atom stereocenters. The molecule has 2 aliphatic rings. The van der Waals surface area contributed by atoms with Gasteiger partial charge in [-0.15, -0.1) is 0 Å². The number of hydrogen-bond donors (Lipinski definition) is 1. The van der Waals surface area contributed by atoms with Crippen molar-refractivity contribution in [3.05, 3.63) is 143 Å². The molecule has 2 fully saturated rings. The van der Waals surface area contributed by atoms with Crippen LogP contribution in [0.5, 0.6) is 0 Å². The molecule has 0 aliphatic carbocycles. The third-order valence-corrected chi connectivity index (χ3v) is 7.58. The van der Waals surface area contributed by atoms with Gasteiger partial charge in [0.25, 0.3) is 0 Å². The van der Waals surface area contributed by atoms with Crippen LogP contribution >= 0.6 is 0 Å². The first-order valence-corrected chi connectivity index (χ1v) is 14.4. The highest BCUT2D eigenvalue weighted by Gasteiger charge is 2.52. The smallest absolute Gasteiger partial charge is 0.336 e. The fraction of sp³-hybridized carbons (Fsp3) is 0.286. The van der Waals surface area contributed by atoms with Crippen molar-refractivity contribution in [2.45, 2.75) is 56.8 Å². The SMILES string of the molecule is O=C(O)c1ccccc1CO[C@@H]1O[C@@H]2COC(c3ccccc3)O[C@H]2[C@H](OCc2ccccc2)[C@H]1OCc1ccccc1. The lowest BCUT2D eigenvalue weighted by atomic mass is 9.97. The second kappa shape index (κ2) is 14.1. The Morgan fingerprint density at radius 3 is 1.91 bits per heavy atom. The molecule has 0 aromatic heterocycles. The lowest BCUT2D eigenvalue weighted by molar-refractivity contribution is -0.374. The van der Waals surface area contributed by atoms with E-state index in [4.69, 9.17) is 28.4 Å². The van der Waals surface area contributed by atoms with Gasteiger partial charge in [-0.1, -0.05) is 109 Å². The Morgan fingerprint density at radius 2 is 1.26 bits per heavy atom. The minimum absolute atomic E-state index is 0.00941. The van der Waals surface area contributed by atoms with Crippen LogP contribution in [0.3, 0.4) is 0 Å². The summed E-state index contributed by atoms with van der Waals surface area (Å²) in [5, 5.41) is 9.69. The Bertz CT molecular complexity index is 1450. The van der Waals surface area contributed by atoms with Gasteiger partial charge in [0.1, 0.15) is 24.4 Å². The molecular weight excluding hydrogens is 548 g/mol. The van der Waals surface area contributed by atoms with Crippen LogP contribution < -0.4 is 0 Å². The van der Waals surface area contributed by atoms with E-state index in [1.54, 1.807) is 24.3 Å². The molecule has 222 valence electrons. The number of ether oxygens (including phenoxy) is 6. The van der Waals surface area contributed by atoms with E-state index in [0.29, 0.717) is 18.8 Å². The summed E-state index contributed by atoms with van der Waals surface area (Å²) in [5.74, 6) is -1.02. The van der Waals surface area contributed by atoms with Crippen molar-refractivity contribution >= 4 is 5.97 Å². The highest BCUT2D eigenvalue weighted by molar-refractivity contribution is 5.89. The maximum atomic E-state index is 11.8. The molecule has 4 aromatic carbocycles. The summed E-state index contributed by atoms with van der Waals surface area (Å²) in [6, 6.07) is 36.3. The van der Waals surface area contributed by atoms with E-state index in [1.165, 1.54) is 0 Å². The van der Waals surface area contributed by atoms with Crippen molar-refractivity contribution in [3.8, 4) is 0 Å². The standard InChI is InChI=1S/C35H34O8/c36-33(37)28-19-11-10-18-27(28)22-40-35-32(39-21-25-14-6-2-7-15-25)31(38-20-24-12-4-1-5-13-24)30-29(42-35)23-41-34(43-30)26-16-8-3-9-17-26/h1-19,29-32,34-35H,20-23H2,(H,36,37)/t29-,30-,31+,32-,34?,35-/m1/s1. The molecule has 8 heteroatoms. The quantitative estimate of drug-likeness (QED) is 0.233. The lowest BCUT2D eigenvalue weighted by Crippen LogP contribution is -2.63. The molecule has 0 bridgehead atoms. The van der Waals surface area contributed by atoms with Crippen molar-refractivity contribution in [1.29, 1.82) is 0 Å². The second-order valence-electron chi connectivity index (χ2n) is 10.5. The fourth-order valence-electron chi connectivity index (χ4n) is 5.39. The van der Waals surface area contributed by atoms with Gasteiger partial charge in [-0.2, -0.15) is 0 Å². The fourth-order valence-corrected chi connectivity index (χ4v) is 5.39. The Balaban J connectivity index is 1.29. The van der Waals surface area contributed by atoms with Gasteiger partial charge in [-0.05, 0) is 22.8 Å². The van der Waals surface area contributed by atoms with Crippen molar-refractivity contribution in [3.63, 3.8) is 0 Å². The minimum atomic E-state index is -1.02. The topological polar surface area (TPSA) is 92.7 Å². The van der Waals surface area contributed by atoms with Crippen LogP contribution in [0.1, 0.15) is 38.9 Å². The van der Waals surface area contributed by atoms with Gasteiger partial charge in [0.15, 0.2) is 12.6 Å². The van der Waals surface area contributed by atoms with Gasteiger partial charge in [0.05, 0.1) is 32.0 Å². The normalized spacial score (nSPS) is 25.1. The first kappa shape index (κ1) is 29.2. The predicted molar refractivity (Wildman–Crippen MR) is 157 cm³/mol. The largest absolute Gasteiger partial charge is 0.478 e.